The zero-order valence-corrected chi connectivity index (χ0v) is 17.3. The summed E-state index contributed by atoms with van der Waals surface area (Å²) < 4.78 is 20.7. The lowest BCUT2D eigenvalue weighted by Gasteiger charge is -2.42. The van der Waals surface area contributed by atoms with Gasteiger partial charge in [-0.25, -0.2) is 14.4 Å². The fraction of sp³-hybridized carbons (Fsp3) is 0.429. The summed E-state index contributed by atoms with van der Waals surface area (Å²) in [7, 11) is 0. The van der Waals surface area contributed by atoms with Gasteiger partial charge in [0.15, 0.2) is 5.17 Å². The summed E-state index contributed by atoms with van der Waals surface area (Å²) in [5.74, 6) is 0.355. The molecule has 7 nitrogen and oxygen atoms in total. The molecule has 3 N–H and O–H groups in total. The molecule has 1 aromatic heterocycles. The highest BCUT2D eigenvalue weighted by atomic mass is 32.2. The summed E-state index contributed by atoms with van der Waals surface area (Å²) in [6.07, 6.45) is 5.38. The number of nitrogens with zero attached hydrogens (tertiary/aromatic N) is 3. The third-order valence-electron chi connectivity index (χ3n) is 6.14. The number of ether oxygens (including phenoxy) is 1. The Morgan fingerprint density at radius 3 is 2.87 bits per heavy atom. The van der Waals surface area contributed by atoms with E-state index in [0.29, 0.717) is 34.7 Å². The predicted molar refractivity (Wildman–Crippen MR) is 113 cm³/mol. The number of hydrogen-bond acceptors (Lipinski definition) is 7. The molecule has 1 aromatic carbocycles. The Balaban J connectivity index is 1.45. The Morgan fingerprint density at radius 2 is 2.13 bits per heavy atom. The predicted octanol–water partition coefficient (Wildman–Crippen LogP) is 3.04. The average molecular weight is 428 g/mol. The molecule has 0 unspecified atom stereocenters. The molecule has 1 saturated heterocycles. The molecular formula is C21H22FN5O2S. The minimum atomic E-state index is -0.918. The number of nitrogens with two attached hydrogens (primary N) is 1. The Bertz CT molecular complexity index is 1040. The number of benzene rings is 1. The Kier molecular flexibility index (Phi) is 4.55. The van der Waals surface area contributed by atoms with Crippen molar-refractivity contribution in [3.63, 3.8) is 0 Å². The molecule has 0 radical (unpaired) electrons. The molecular weight excluding hydrogens is 405 g/mol. The van der Waals surface area contributed by atoms with Crippen LogP contribution < -0.4 is 11.1 Å². The summed E-state index contributed by atoms with van der Waals surface area (Å²) in [4.78, 5) is 25.9. The van der Waals surface area contributed by atoms with Crippen LogP contribution in [0.5, 0.6) is 0 Å². The van der Waals surface area contributed by atoms with E-state index in [9.17, 15) is 9.18 Å². The molecule has 2 aliphatic heterocycles. The minimum absolute atomic E-state index is 0.216. The van der Waals surface area contributed by atoms with Crippen LogP contribution in [-0.2, 0) is 10.3 Å². The van der Waals surface area contributed by atoms with Crippen LogP contribution in [0.1, 0.15) is 47.4 Å². The van der Waals surface area contributed by atoms with Gasteiger partial charge in [-0.15, -0.1) is 0 Å². The molecule has 2 aromatic rings. The molecule has 3 aliphatic rings. The number of fused-ring (bicyclic) bond motifs is 1. The van der Waals surface area contributed by atoms with Crippen molar-refractivity contribution in [1.82, 2.24) is 9.97 Å². The van der Waals surface area contributed by atoms with E-state index in [1.807, 2.05) is 6.92 Å². The number of hydrogen-bond donors (Lipinski definition) is 2. The van der Waals surface area contributed by atoms with Crippen LogP contribution in [0.4, 0.5) is 10.1 Å². The van der Waals surface area contributed by atoms with Crippen molar-refractivity contribution < 1.29 is 13.9 Å². The summed E-state index contributed by atoms with van der Waals surface area (Å²) >= 11 is 1.45. The van der Waals surface area contributed by atoms with E-state index < -0.39 is 22.7 Å². The summed E-state index contributed by atoms with van der Waals surface area (Å²) in [6, 6.07) is 4.49. The summed E-state index contributed by atoms with van der Waals surface area (Å²) in [6.45, 7) is 2.74. The number of carbonyl (C=O) groups excluding carboxylic acids is 1. The van der Waals surface area contributed by atoms with Gasteiger partial charge in [-0.05, 0) is 31.0 Å². The first-order valence-electron chi connectivity index (χ1n) is 9.89. The number of aromatic nitrogens is 2. The van der Waals surface area contributed by atoms with Gasteiger partial charge in [-0.3, -0.25) is 9.78 Å². The van der Waals surface area contributed by atoms with Gasteiger partial charge >= 0.3 is 0 Å². The molecule has 2 fully saturated rings. The van der Waals surface area contributed by atoms with Gasteiger partial charge in [0, 0.05) is 34.5 Å². The number of rotatable bonds is 4. The van der Waals surface area contributed by atoms with E-state index in [4.69, 9.17) is 10.5 Å². The smallest absolute Gasteiger partial charge is 0.275 e. The van der Waals surface area contributed by atoms with Gasteiger partial charge in [-0.2, -0.15) is 0 Å². The van der Waals surface area contributed by atoms with Crippen LogP contribution in [-0.4, -0.2) is 40.0 Å². The lowest BCUT2D eigenvalue weighted by Crippen LogP contribution is -2.48. The van der Waals surface area contributed by atoms with E-state index in [1.54, 1.807) is 12.3 Å². The maximum atomic E-state index is 15.0. The second kappa shape index (κ2) is 7.02. The van der Waals surface area contributed by atoms with E-state index >= 15 is 0 Å². The monoisotopic (exact) mass is 427 g/mol. The van der Waals surface area contributed by atoms with E-state index in [1.165, 1.54) is 30.1 Å². The normalized spacial score (nSPS) is 28.0. The lowest BCUT2D eigenvalue weighted by atomic mass is 9.70. The molecule has 1 amide bonds. The fourth-order valence-corrected chi connectivity index (χ4v) is 5.13. The maximum Gasteiger partial charge on any atom is 0.275 e. The topological polar surface area (TPSA) is 102 Å². The van der Waals surface area contributed by atoms with Crippen LogP contribution in [0.15, 0.2) is 35.6 Å². The summed E-state index contributed by atoms with van der Waals surface area (Å²) in [5, 5.41) is 3.21. The van der Waals surface area contributed by atoms with Gasteiger partial charge in [-0.1, -0.05) is 18.7 Å². The Morgan fingerprint density at radius 1 is 1.30 bits per heavy atom. The molecule has 3 heterocycles. The van der Waals surface area contributed by atoms with Gasteiger partial charge < -0.3 is 15.8 Å². The Labute approximate surface area is 177 Å². The van der Waals surface area contributed by atoms with Gasteiger partial charge in [0.05, 0.1) is 25.1 Å². The number of halogens is 1. The largest absolute Gasteiger partial charge is 0.379 e. The van der Waals surface area contributed by atoms with E-state index in [2.05, 4.69) is 20.3 Å². The zero-order valence-electron chi connectivity index (χ0n) is 16.5. The van der Waals surface area contributed by atoms with Crippen molar-refractivity contribution in [3.8, 4) is 0 Å². The van der Waals surface area contributed by atoms with E-state index in [0.717, 1.165) is 18.5 Å². The van der Waals surface area contributed by atoms with Crippen molar-refractivity contribution in [3.05, 3.63) is 53.4 Å². The third kappa shape index (κ3) is 3.16. The molecule has 0 bridgehead atoms. The number of aliphatic imine (C=N–C) groups is 1. The van der Waals surface area contributed by atoms with Crippen molar-refractivity contribution in [2.24, 2.45) is 16.1 Å². The summed E-state index contributed by atoms with van der Waals surface area (Å²) in [5.41, 5.74) is 6.66. The molecule has 9 heteroatoms. The van der Waals surface area contributed by atoms with E-state index in [-0.39, 0.29) is 12.3 Å². The number of anilines is 1. The SMILES string of the molecule is C[C@@]12COC[C@]1(c1cc(NC(=O)c3cnc(C4CC4)cn3)ccc1F)N=C(N)SC2. The highest BCUT2D eigenvalue weighted by Crippen LogP contribution is 2.53. The van der Waals surface area contributed by atoms with Crippen LogP contribution in [0.3, 0.4) is 0 Å². The second-order valence-corrected chi connectivity index (χ2v) is 9.40. The first-order chi connectivity index (χ1) is 14.4. The lowest BCUT2D eigenvalue weighted by molar-refractivity contribution is 0.102. The Hall–Kier alpha value is -2.52. The molecule has 1 aliphatic carbocycles. The molecule has 1 saturated carbocycles. The second-order valence-electron chi connectivity index (χ2n) is 8.40. The number of nitrogens with one attached hydrogen (secondary N) is 1. The van der Waals surface area contributed by atoms with Crippen LogP contribution >= 0.6 is 11.8 Å². The zero-order chi connectivity index (χ0) is 20.9. The van der Waals surface area contributed by atoms with Crippen molar-refractivity contribution in [2.75, 3.05) is 24.3 Å². The third-order valence-corrected chi connectivity index (χ3v) is 7.31. The highest BCUT2D eigenvalue weighted by Gasteiger charge is 2.57. The van der Waals surface area contributed by atoms with Crippen molar-refractivity contribution in [2.45, 2.75) is 31.2 Å². The van der Waals surface area contributed by atoms with Gasteiger partial charge in [0.1, 0.15) is 17.1 Å². The standard InChI is InChI=1S/C21H22FN5O2S/c1-20-9-29-10-21(20,27-19(23)30-11-20)14-6-13(4-5-15(14)22)26-18(28)17-8-24-16(7-25-17)12-2-3-12/h4-8,12H,2-3,9-11H2,1H3,(H2,23,27)(H,26,28)/t20-,21+/m0/s1. The highest BCUT2D eigenvalue weighted by molar-refractivity contribution is 8.13. The molecule has 0 spiro atoms. The molecule has 30 heavy (non-hydrogen) atoms. The van der Waals surface area contributed by atoms with Gasteiger partial charge in [0.2, 0.25) is 0 Å². The van der Waals surface area contributed by atoms with Crippen LogP contribution in [0, 0.1) is 11.2 Å². The fourth-order valence-electron chi connectivity index (χ4n) is 4.12. The van der Waals surface area contributed by atoms with Crippen LogP contribution in [0.2, 0.25) is 0 Å². The molecule has 5 rings (SSSR count). The minimum Gasteiger partial charge on any atom is -0.379 e. The number of amidine groups is 1. The first kappa shape index (κ1) is 19.4. The van der Waals surface area contributed by atoms with Gasteiger partial charge in [0.25, 0.3) is 5.91 Å². The molecule has 156 valence electrons. The van der Waals surface area contributed by atoms with Crippen LogP contribution in [0.25, 0.3) is 0 Å². The number of thioether (sulfide) groups is 1. The maximum absolute atomic E-state index is 15.0. The average Bonchev–Trinajstić information content (AvgIpc) is 3.52. The number of amides is 1. The van der Waals surface area contributed by atoms with Crippen molar-refractivity contribution in [1.29, 1.82) is 0 Å². The first-order valence-corrected chi connectivity index (χ1v) is 10.9. The number of carbonyl (C=O) groups is 1. The quantitative estimate of drug-likeness (QED) is 0.778. The van der Waals surface area contributed by atoms with Crippen molar-refractivity contribution >= 4 is 28.5 Å². The molecule has 2 atom stereocenters.